The number of rotatable bonds is 5. The highest BCUT2D eigenvalue weighted by Crippen LogP contribution is 2.07. The Morgan fingerprint density at radius 1 is 1.47 bits per heavy atom. The smallest absolute Gasteiger partial charge is 0.312 e. The Kier molecular flexibility index (Phi) is 4.30. The fraction of sp³-hybridized carbons (Fsp3) is 0.857. The average molecular weight is 236 g/mol. The molecular weight excluding hydrogens is 220 g/mol. The van der Waals surface area contributed by atoms with Gasteiger partial charge in [-0.2, -0.15) is 0 Å². The molecule has 1 heterocycles. The predicted molar refractivity (Wildman–Crippen MR) is 55.8 cm³/mol. The molecule has 1 aliphatic heterocycles. The van der Waals surface area contributed by atoms with E-state index in [4.69, 9.17) is 5.73 Å². The molecule has 88 valence electrons. The Balaban J connectivity index is 2.27. The van der Waals surface area contributed by atoms with Crippen molar-refractivity contribution in [1.82, 2.24) is 15.4 Å². The number of carbonyl (C=O) groups is 1. The molecule has 1 atom stereocenters. The molecule has 0 aromatic rings. The van der Waals surface area contributed by atoms with E-state index >= 15 is 0 Å². The second-order valence-corrected chi connectivity index (χ2v) is 5.39. The van der Waals surface area contributed by atoms with Crippen molar-refractivity contribution in [2.24, 2.45) is 5.73 Å². The molecule has 0 saturated carbocycles. The van der Waals surface area contributed by atoms with Crippen molar-refractivity contribution < 1.29 is 13.2 Å². The Morgan fingerprint density at radius 2 is 2.20 bits per heavy atom. The highest BCUT2D eigenvalue weighted by atomic mass is 32.2. The first-order chi connectivity index (χ1) is 7.02. The maximum Gasteiger partial charge on any atom is 0.312 e. The largest absolute Gasteiger partial charge is 0.352 e. The van der Waals surface area contributed by atoms with Crippen molar-refractivity contribution in [2.75, 3.05) is 26.2 Å². The molecule has 1 saturated heterocycles. The lowest BCUT2D eigenvalue weighted by atomic mass is 10.4. The van der Waals surface area contributed by atoms with Gasteiger partial charge in [0.05, 0.1) is 5.25 Å². The zero-order chi connectivity index (χ0) is 11.3. The normalized spacial score (nSPS) is 21.5. The topological polar surface area (TPSA) is 113 Å². The molecule has 0 spiro atoms. The van der Waals surface area contributed by atoms with Gasteiger partial charge in [0.2, 0.25) is 10.0 Å². The van der Waals surface area contributed by atoms with Crippen LogP contribution in [-0.2, 0) is 10.0 Å². The summed E-state index contributed by atoms with van der Waals surface area (Å²) in [5.74, 6) is 0. The molecule has 7 nitrogen and oxygen atoms in total. The van der Waals surface area contributed by atoms with Crippen molar-refractivity contribution in [3.63, 3.8) is 0 Å². The summed E-state index contributed by atoms with van der Waals surface area (Å²) in [6.45, 7) is 1.58. The van der Waals surface area contributed by atoms with E-state index in [1.54, 1.807) is 0 Å². The van der Waals surface area contributed by atoms with Crippen molar-refractivity contribution in [2.45, 2.75) is 11.7 Å². The van der Waals surface area contributed by atoms with E-state index in [0.29, 0.717) is 13.0 Å². The zero-order valence-electron chi connectivity index (χ0n) is 8.32. The minimum Gasteiger partial charge on any atom is -0.352 e. The second-order valence-electron chi connectivity index (χ2n) is 3.35. The van der Waals surface area contributed by atoms with Crippen LogP contribution in [0.4, 0.5) is 4.79 Å². The number of nitrogens with two attached hydrogens (primary N) is 1. The summed E-state index contributed by atoms with van der Waals surface area (Å²) in [5.41, 5.74) is 4.83. The quantitative estimate of drug-likeness (QED) is 0.411. The van der Waals surface area contributed by atoms with Gasteiger partial charge in [0.1, 0.15) is 0 Å². The Bertz CT molecular complexity index is 310. The van der Waals surface area contributed by atoms with E-state index in [1.165, 1.54) is 0 Å². The van der Waals surface area contributed by atoms with Gasteiger partial charge in [0.25, 0.3) is 0 Å². The van der Waals surface area contributed by atoms with E-state index < -0.39 is 16.1 Å². The summed E-state index contributed by atoms with van der Waals surface area (Å²) < 4.78 is 25.6. The lowest BCUT2D eigenvalue weighted by molar-refractivity contribution is 0.249. The van der Waals surface area contributed by atoms with E-state index in [2.05, 4.69) is 15.4 Å². The summed E-state index contributed by atoms with van der Waals surface area (Å²) in [5, 5.41) is 4.91. The van der Waals surface area contributed by atoms with Gasteiger partial charge < -0.3 is 16.4 Å². The lowest BCUT2D eigenvalue weighted by Gasteiger charge is -2.11. The standard InChI is InChI=1S/C7H16N4O3S/c8-7(12)10-3-4-11-15(13,14)6-1-2-9-5-6/h6,9,11H,1-5H2,(H3,8,10,12). The highest BCUT2D eigenvalue weighted by Gasteiger charge is 2.27. The van der Waals surface area contributed by atoms with Crippen LogP contribution in [0.15, 0.2) is 0 Å². The number of hydrogen-bond donors (Lipinski definition) is 4. The van der Waals surface area contributed by atoms with Crippen LogP contribution in [-0.4, -0.2) is 45.9 Å². The summed E-state index contributed by atoms with van der Waals surface area (Å²) in [7, 11) is -3.26. The van der Waals surface area contributed by atoms with Crippen LogP contribution in [0.2, 0.25) is 0 Å². The van der Waals surface area contributed by atoms with E-state index in [1.807, 2.05) is 0 Å². The van der Waals surface area contributed by atoms with Gasteiger partial charge in [-0.3, -0.25) is 0 Å². The van der Waals surface area contributed by atoms with Gasteiger partial charge in [-0.1, -0.05) is 0 Å². The molecule has 2 amide bonds. The van der Waals surface area contributed by atoms with Crippen molar-refractivity contribution in [3.05, 3.63) is 0 Å². The van der Waals surface area contributed by atoms with Crippen LogP contribution >= 0.6 is 0 Å². The number of sulfonamides is 1. The molecule has 0 aliphatic carbocycles. The van der Waals surface area contributed by atoms with E-state index in [0.717, 1.165) is 6.54 Å². The molecule has 15 heavy (non-hydrogen) atoms. The Hall–Kier alpha value is -0.860. The molecule has 1 fully saturated rings. The number of primary amides is 1. The van der Waals surface area contributed by atoms with Crippen LogP contribution in [0.5, 0.6) is 0 Å². The van der Waals surface area contributed by atoms with Gasteiger partial charge in [-0.15, -0.1) is 0 Å². The van der Waals surface area contributed by atoms with Gasteiger partial charge in [-0.05, 0) is 13.0 Å². The number of nitrogens with one attached hydrogen (secondary N) is 3. The predicted octanol–water partition coefficient (Wildman–Crippen LogP) is -2.06. The third-order valence-electron chi connectivity index (χ3n) is 2.18. The first-order valence-corrected chi connectivity index (χ1v) is 6.29. The van der Waals surface area contributed by atoms with Crippen LogP contribution in [0.3, 0.4) is 0 Å². The molecule has 0 aromatic carbocycles. The van der Waals surface area contributed by atoms with Gasteiger partial charge in [0.15, 0.2) is 0 Å². The van der Waals surface area contributed by atoms with Crippen LogP contribution in [0.1, 0.15) is 6.42 Å². The monoisotopic (exact) mass is 236 g/mol. The van der Waals surface area contributed by atoms with E-state index in [-0.39, 0.29) is 18.3 Å². The minimum absolute atomic E-state index is 0.168. The Labute approximate surface area is 88.8 Å². The summed E-state index contributed by atoms with van der Waals surface area (Å²) >= 11 is 0. The molecule has 1 unspecified atom stereocenters. The second kappa shape index (κ2) is 5.29. The van der Waals surface area contributed by atoms with Gasteiger partial charge >= 0.3 is 6.03 Å². The summed E-state index contributed by atoms with van der Waals surface area (Å²) in [6.07, 6.45) is 0.624. The fourth-order valence-corrected chi connectivity index (χ4v) is 2.78. The lowest BCUT2D eigenvalue weighted by Crippen LogP contribution is -2.41. The number of hydrogen-bond acceptors (Lipinski definition) is 4. The zero-order valence-corrected chi connectivity index (χ0v) is 9.14. The number of carbonyl (C=O) groups excluding carboxylic acids is 1. The van der Waals surface area contributed by atoms with Crippen LogP contribution < -0.4 is 21.1 Å². The first kappa shape index (κ1) is 12.2. The molecule has 1 aliphatic rings. The van der Waals surface area contributed by atoms with Crippen molar-refractivity contribution in [1.29, 1.82) is 0 Å². The van der Waals surface area contributed by atoms with Crippen LogP contribution in [0.25, 0.3) is 0 Å². The van der Waals surface area contributed by atoms with Gasteiger partial charge in [0, 0.05) is 19.6 Å². The van der Waals surface area contributed by atoms with E-state index in [9.17, 15) is 13.2 Å². The molecule has 0 bridgehead atoms. The summed E-state index contributed by atoms with van der Waals surface area (Å²) in [4.78, 5) is 10.3. The number of amides is 2. The third-order valence-corrected chi connectivity index (χ3v) is 4.07. The SMILES string of the molecule is NC(=O)NCCNS(=O)(=O)C1CCNC1. The van der Waals surface area contributed by atoms with Gasteiger partial charge in [-0.25, -0.2) is 17.9 Å². The minimum atomic E-state index is -3.26. The number of urea groups is 1. The van der Waals surface area contributed by atoms with Crippen molar-refractivity contribution in [3.8, 4) is 0 Å². The average Bonchev–Trinajstić information content (AvgIpc) is 2.65. The maximum atomic E-state index is 11.6. The summed E-state index contributed by atoms with van der Waals surface area (Å²) in [6, 6.07) is -0.656. The molecule has 0 radical (unpaired) electrons. The first-order valence-electron chi connectivity index (χ1n) is 4.75. The molecule has 0 aromatic heterocycles. The molecule has 1 rings (SSSR count). The fourth-order valence-electron chi connectivity index (χ4n) is 1.39. The highest BCUT2D eigenvalue weighted by molar-refractivity contribution is 7.90. The van der Waals surface area contributed by atoms with Crippen LogP contribution in [0, 0.1) is 0 Å². The molecule has 5 N–H and O–H groups in total. The maximum absolute atomic E-state index is 11.6. The molecular formula is C7H16N4O3S. The Morgan fingerprint density at radius 3 is 2.73 bits per heavy atom. The third kappa shape index (κ3) is 4.02. The molecule has 8 heteroatoms. The van der Waals surface area contributed by atoms with Crippen molar-refractivity contribution >= 4 is 16.1 Å².